The van der Waals surface area contributed by atoms with Crippen molar-refractivity contribution in [2.24, 2.45) is 5.92 Å². The number of fused-ring (bicyclic) bond motifs is 1. The Balaban J connectivity index is 1.44. The zero-order valence-corrected chi connectivity index (χ0v) is 15.5. The number of aliphatic carboxylic acids is 1. The number of carboxylic acids is 1. The number of para-hydroxylation sites is 1. The van der Waals surface area contributed by atoms with Crippen LogP contribution < -0.4 is 10.1 Å². The number of carbonyl (C=O) groups excluding carboxylic acids is 1. The second-order valence-corrected chi connectivity index (χ2v) is 7.19. The van der Waals surface area contributed by atoms with Crippen molar-refractivity contribution in [3.63, 3.8) is 0 Å². The van der Waals surface area contributed by atoms with Crippen LogP contribution in [0.4, 0.5) is 0 Å². The fourth-order valence-corrected chi connectivity index (χ4v) is 3.72. The zero-order chi connectivity index (χ0) is 19.7. The van der Waals surface area contributed by atoms with Gasteiger partial charge in [-0.15, -0.1) is 0 Å². The predicted molar refractivity (Wildman–Crippen MR) is 105 cm³/mol. The molecule has 0 spiro atoms. The van der Waals surface area contributed by atoms with Gasteiger partial charge >= 0.3 is 5.97 Å². The maximum atomic E-state index is 12.6. The molecule has 1 aliphatic carbocycles. The SMILES string of the molecule is COc1cccc([C@@H]2C[C@@H]2C(=O)N[C@@H](Cc2c[nH]c3ccccc23)C(=O)O)c1. The molecule has 3 N–H and O–H groups in total. The van der Waals surface area contributed by atoms with Crippen LogP contribution in [0.15, 0.2) is 54.7 Å². The molecule has 1 amide bonds. The molecule has 28 heavy (non-hydrogen) atoms. The maximum Gasteiger partial charge on any atom is 0.326 e. The number of nitrogens with one attached hydrogen (secondary N) is 2. The number of hydrogen-bond acceptors (Lipinski definition) is 3. The Labute approximate surface area is 162 Å². The van der Waals surface area contributed by atoms with Crippen molar-refractivity contribution in [3.8, 4) is 5.75 Å². The molecule has 0 radical (unpaired) electrons. The first-order valence-electron chi connectivity index (χ1n) is 9.29. The second-order valence-electron chi connectivity index (χ2n) is 7.19. The monoisotopic (exact) mass is 378 g/mol. The van der Waals surface area contributed by atoms with Gasteiger partial charge in [0, 0.05) is 29.4 Å². The number of methoxy groups -OCH3 is 1. The summed E-state index contributed by atoms with van der Waals surface area (Å²) in [5, 5.41) is 13.3. The number of aromatic amines is 1. The molecule has 1 aromatic heterocycles. The van der Waals surface area contributed by atoms with E-state index in [-0.39, 0.29) is 24.2 Å². The van der Waals surface area contributed by atoms with Crippen LogP contribution in [0.3, 0.4) is 0 Å². The van der Waals surface area contributed by atoms with E-state index in [1.807, 2.05) is 54.7 Å². The van der Waals surface area contributed by atoms with Crippen molar-refractivity contribution in [3.05, 3.63) is 65.9 Å². The number of hydrogen-bond donors (Lipinski definition) is 3. The lowest BCUT2D eigenvalue weighted by molar-refractivity contribution is -0.142. The average Bonchev–Trinajstić information content (AvgIpc) is 3.42. The molecule has 0 aliphatic heterocycles. The lowest BCUT2D eigenvalue weighted by atomic mass is 10.0. The minimum Gasteiger partial charge on any atom is -0.497 e. The minimum atomic E-state index is -1.03. The third-order valence-electron chi connectivity index (χ3n) is 5.36. The van der Waals surface area contributed by atoms with Crippen LogP contribution in [-0.2, 0) is 16.0 Å². The summed E-state index contributed by atoms with van der Waals surface area (Å²) >= 11 is 0. The first-order valence-corrected chi connectivity index (χ1v) is 9.29. The Bertz CT molecular complexity index is 1030. The number of benzene rings is 2. The van der Waals surface area contributed by atoms with Crippen molar-refractivity contribution in [2.45, 2.75) is 24.8 Å². The van der Waals surface area contributed by atoms with Crippen LogP contribution in [0.2, 0.25) is 0 Å². The molecule has 1 aliphatic rings. The van der Waals surface area contributed by atoms with Gasteiger partial charge < -0.3 is 20.1 Å². The molecule has 6 heteroatoms. The summed E-state index contributed by atoms with van der Waals surface area (Å²) in [4.78, 5) is 27.5. The van der Waals surface area contributed by atoms with Gasteiger partial charge in [0.25, 0.3) is 0 Å². The Morgan fingerprint density at radius 2 is 2.07 bits per heavy atom. The summed E-state index contributed by atoms with van der Waals surface area (Å²) in [6.07, 6.45) is 2.77. The van der Waals surface area contributed by atoms with E-state index < -0.39 is 12.0 Å². The zero-order valence-electron chi connectivity index (χ0n) is 15.5. The largest absolute Gasteiger partial charge is 0.497 e. The highest BCUT2D eigenvalue weighted by Gasteiger charge is 2.45. The van der Waals surface area contributed by atoms with Gasteiger partial charge in [-0.3, -0.25) is 4.79 Å². The first-order chi connectivity index (χ1) is 13.6. The van der Waals surface area contributed by atoms with Gasteiger partial charge in [-0.05, 0) is 41.7 Å². The van der Waals surface area contributed by atoms with Crippen molar-refractivity contribution in [1.82, 2.24) is 10.3 Å². The molecule has 4 rings (SSSR count). The topological polar surface area (TPSA) is 91.4 Å². The highest BCUT2D eigenvalue weighted by molar-refractivity contribution is 5.89. The minimum absolute atomic E-state index is 0.109. The van der Waals surface area contributed by atoms with E-state index in [0.29, 0.717) is 0 Å². The Morgan fingerprint density at radius 1 is 1.25 bits per heavy atom. The number of aromatic nitrogens is 1. The number of carbonyl (C=O) groups is 2. The van der Waals surface area contributed by atoms with E-state index in [2.05, 4.69) is 10.3 Å². The maximum absolute atomic E-state index is 12.6. The number of H-pyrrole nitrogens is 1. The van der Waals surface area contributed by atoms with E-state index in [0.717, 1.165) is 34.2 Å². The van der Waals surface area contributed by atoms with Crippen LogP contribution in [-0.4, -0.2) is 35.1 Å². The van der Waals surface area contributed by atoms with Crippen LogP contribution >= 0.6 is 0 Å². The normalized spacial score (nSPS) is 19.2. The van der Waals surface area contributed by atoms with Gasteiger partial charge in [0.15, 0.2) is 0 Å². The van der Waals surface area contributed by atoms with Crippen molar-refractivity contribution < 1.29 is 19.4 Å². The smallest absolute Gasteiger partial charge is 0.326 e. The Morgan fingerprint density at radius 3 is 2.86 bits per heavy atom. The molecular weight excluding hydrogens is 356 g/mol. The van der Waals surface area contributed by atoms with Crippen molar-refractivity contribution >= 4 is 22.8 Å². The van der Waals surface area contributed by atoms with Gasteiger partial charge in [-0.2, -0.15) is 0 Å². The Hall–Kier alpha value is -3.28. The molecule has 0 saturated heterocycles. The van der Waals surface area contributed by atoms with Gasteiger partial charge in [-0.25, -0.2) is 4.79 Å². The van der Waals surface area contributed by atoms with E-state index >= 15 is 0 Å². The summed E-state index contributed by atoms with van der Waals surface area (Å²) in [7, 11) is 1.61. The second kappa shape index (κ2) is 7.38. The average molecular weight is 378 g/mol. The number of rotatable bonds is 7. The summed E-state index contributed by atoms with van der Waals surface area (Å²) in [5.74, 6) is -0.571. The van der Waals surface area contributed by atoms with Crippen LogP contribution in [0.25, 0.3) is 10.9 Å². The quantitative estimate of drug-likeness (QED) is 0.589. The van der Waals surface area contributed by atoms with Crippen LogP contribution in [0.5, 0.6) is 5.75 Å². The molecule has 1 heterocycles. The highest BCUT2D eigenvalue weighted by Crippen LogP contribution is 2.48. The molecule has 0 bridgehead atoms. The highest BCUT2D eigenvalue weighted by atomic mass is 16.5. The van der Waals surface area contributed by atoms with Gasteiger partial charge in [0.1, 0.15) is 11.8 Å². The lowest BCUT2D eigenvalue weighted by Crippen LogP contribution is -2.43. The standard InChI is InChI=1S/C22H22N2O4/c1-28-15-6-4-5-13(9-15)17-11-18(17)21(25)24-20(22(26)27)10-14-12-23-19-8-3-2-7-16(14)19/h2-9,12,17-18,20,23H,10-11H2,1H3,(H,24,25)(H,26,27)/t17-,18-,20-/m0/s1. The molecule has 0 unspecified atom stereocenters. The molecule has 1 fully saturated rings. The van der Waals surface area contributed by atoms with Gasteiger partial charge in [0.2, 0.25) is 5.91 Å². The summed E-state index contributed by atoms with van der Waals surface area (Å²) < 4.78 is 5.24. The van der Waals surface area contributed by atoms with Crippen molar-refractivity contribution in [1.29, 1.82) is 0 Å². The molecule has 3 aromatic rings. The number of ether oxygens (including phenoxy) is 1. The van der Waals surface area contributed by atoms with E-state index in [9.17, 15) is 14.7 Å². The summed E-state index contributed by atoms with van der Waals surface area (Å²) in [5.41, 5.74) is 2.87. The van der Waals surface area contributed by atoms with Crippen molar-refractivity contribution in [2.75, 3.05) is 7.11 Å². The molecule has 2 aromatic carbocycles. The molecular formula is C22H22N2O4. The predicted octanol–water partition coefficient (Wildman–Crippen LogP) is 3.09. The van der Waals surface area contributed by atoms with Gasteiger partial charge in [-0.1, -0.05) is 30.3 Å². The first kappa shape index (κ1) is 18.1. The Kier molecular flexibility index (Phi) is 4.77. The molecule has 3 atom stereocenters. The molecule has 144 valence electrons. The molecule has 6 nitrogen and oxygen atoms in total. The van der Waals surface area contributed by atoms with Crippen LogP contribution in [0.1, 0.15) is 23.5 Å². The molecule has 1 saturated carbocycles. The summed E-state index contributed by atoms with van der Waals surface area (Å²) in [6.45, 7) is 0. The summed E-state index contributed by atoms with van der Waals surface area (Å²) in [6, 6.07) is 14.4. The van der Waals surface area contributed by atoms with Gasteiger partial charge in [0.05, 0.1) is 7.11 Å². The van der Waals surface area contributed by atoms with E-state index in [1.165, 1.54) is 0 Å². The lowest BCUT2D eigenvalue weighted by Gasteiger charge is -2.14. The van der Waals surface area contributed by atoms with E-state index in [1.54, 1.807) is 7.11 Å². The number of amides is 1. The fraction of sp³-hybridized carbons (Fsp3) is 0.273. The van der Waals surface area contributed by atoms with Crippen LogP contribution in [0, 0.1) is 5.92 Å². The number of carboxylic acid groups (broad SMARTS) is 1. The van der Waals surface area contributed by atoms with E-state index in [4.69, 9.17) is 4.74 Å². The third-order valence-corrected chi connectivity index (χ3v) is 5.36. The third kappa shape index (κ3) is 3.58. The fourth-order valence-electron chi connectivity index (χ4n) is 3.72.